The zero-order valence-corrected chi connectivity index (χ0v) is 12.7. The molecule has 21 heavy (non-hydrogen) atoms. The quantitative estimate of drug-likeness (QED) is 0.873. The Kier molecular flexibility index (Phi) is 4.58. The Balaban J connectivity index is 2.41. The minimum atomic E-state index is -4.43. The van der Waals surface area contributed by atoms with Gasteiger partial charge in [0.15, 0.2) is 0 Å². The fourth-order valence-electron chi connectivity index (χ4n) is 1.98. The molecular formula is C15H13BrF3NO. The third-order valence-electron chi connectivity index (χ3n) is 3.11. The highest BCUT2D eigenvalue weighted by Crippen LogP contribution is 2.37. The second-order valence-electron chi connectivity index (χ2n) is 4.49. The van der Waals surface area contributed by atoms with E-state index < -0.39 is 17.8 Å². The molecule has 0 aliphatic carbocycles. The van der Waals surface area contributed by atoms with Crippen molar-refractivity contribution < 1.29 is 17.9 Å². The summed E-state index contributed by atoms with van der Waals surface area (Å²) in [5, 5.41) is 0. The molecule has 0 aromatic heterocycles. The molecule has 2 rings (SSSR count). The lowest BCUT2D eigenvalue weighted by atomic mass is 9.97. The summed E-state index contributed by atoms with van der Waals surface area (Å²) in [7, 11) is 1.52. The van der Waals surface area contributed by atoms with E-state index in [0.717, 1.165) is 6.07 Å². The van der Waals surface area contributed by atoms with E-state index in [0.29, 0.717) is 16.9 Å². The van der Waals surface area contributed by atoms with Crippen molar-refractivity contribution in [3.63, 3.8) is 0 Å². The van der Waals surface area contributed by atoms with Crippen LogP contribution in [0.15, 0.2) is 46.9 Å². The van der Waals surface area contributed by atoms with Crippen LogP contribution in [0.3, 0.4) is 0 Å². The average Bonchev–Trinajstić information content (AvgIpc) is 2.46. The van der Waals surface area contributed by atoms with Gasteiger partial charge in [0.25, 0.3) is 0 Å². The molecule has 0 bridgehead atoms. The summed E-state index contributed by atoms with van der Waals surface area (Å²) in [6.07, 6.45) is -4.43. The van der Waals surface area contributed by atoms with E-state index >= 15 is 0 Å². The van der Waals surface area contributed by atoms with Crippen LogP contribution >= 0.6 is 15.9 Å². The highest BCUT2D eigenvalue weighted by molar-refractivity contribution is 9.10. The Labute approximate surface area is 128 Å². The van der Waals surface area contributed by atoms with Crippen molar-refractivity contribution in [1.82, 2.24) is 0 Å². The molecule has 1 atom stereocenters. The first-order chi connectivity index (χ1) is 9.82. The molecule has 0 spiro atoms. The maximum atomic E-state index is 12.9. The van der Waals surface area contributed by atoms with Gasteiger partial charge >= 0.3 is 6.18 Å². The monoisotopic (exact) mass is 359 g/mol. The average molecular weight is 360 g/mol. The van der Waals surface area contributed by atoms with Gasteiger partial charge in [0.1, 0.15) is 5.75 Å². The lowest BCUT2D eigenvalue weighted by molar-refractivity contribution is -0.138. The Morgan fingerprint density at radius 1 is 1.10 bits per heavy atom. The van der Waals surface area contributed by atoms with Crippen LogP contribution < -0.4 is 10.5 Å². The summed E-state index contributed by atoms with van der Waals surface area (Å²) >= 11 is 2.91. The smallest absolute Gasteiger partial charge is 0.417 e. The van der Waals surface area contributed by atoms with Crippen molar-refractivity contribution in [2.24, 2.45) is 5.73 Å². The molecule has 0 saturated carbocycles. The number of alkyl halides is 3. The number of halogens is 4. The largest absolute Gasteiger partial charge is 0.497 e. The molecule has 0 heterocycles. The second kappa shape index (κ2) is 6.07. The van der Waals surface area contributed by atoms with Crippen molar-refractivity contribution in [3.05, 3.63) is 63.6 Å². The first kappa shape index (κ1) is 15.9. The van der Waals surface area contributed by atoms with Gasteiger partial charge in [-0.2, -0.15) is 13.2 Å². The van der Waals surface area contributed by atoms with Crippen LogP contribution in [0.1, 0.15) is 22.7 Å². The Hall–Kier alpha value is -1.53. The van der Waals surface area contributed by atoms with Crippen molar-refractivity contribution in [3.8, 4) is 5.75 Å². The van der Waals surface area contributed by atoms with Gasteiger partial charge in [0.05, 0.1) is 18.7 Å². The molecule has 0 saturated heterocycles. The molecule has 112 valence electrons. The van der Waals surface area contributed by atoms with Gasteiger partial charge in [-0.05, 0) is 35.4 Å². The number of rotatable bonds is 3. The van der Waals surface area contributed by atoms with Crippen molar-refractivity contribution in [2.75, 3.05) is 7.11 Å². The van der Waals surface area contributed by atoms with Gasteiger partial charge in [-0.25, -0.2) is 0 Å². The molecular weight excluding hydrogens is 347 g/mol. The van der Waals surface area contributed by atoms with E-state index in [-0.39, 0.29) is 4.47 Å². The molecule has 0 aliphatic rings. The molecule has 0 radical (unpaired) electrons. The summed E-state index contributed by atoms with van der Waals surface area (Å²) < 4.78 is 43.9. The van der Waals surface area contributed by atoms with Gasteiger partial charge in [-0.15, -0.1) is 0 Å². The van der Waals surface area contributed by atoms with E-state index in [1.165, 1.54) is 13.2 Å². The molecule has 2 aromatic rings. The molecule has 6 heteroatoms. The van der Waals surface area contributed by atoms with Gasteiger partial charge in [0.2, 0.25) is 0 Å². The number of benzene rings is 2. The molecule has 0 aliphatic heterocycles. The Bertz CT molecular complexity index is 643. The fourth-order valence-corrected chi connectivity index (χ4v) is 2.45. The third kappa shape index (κ3) is 3.57. The fraction of sp³-hybridized carbons (Fsp3) is 0.200. The summed E-state index contributed by atoms with van der Waals surface area (Å²) in [6.45, 7) is 0. The van der Waals surface area contributed by atoms with Gasteiger partial charge in [-0.3, -0.25) is 0 Å². The van der Waals surface area contributed by atoms with E-state index in [1.807, 2.05) is 0 Å². The van der Waals surface area contributed by atoms with Crippen molar-refractivity contribution in [1.29, 1.82) is 0 Å². The Morgan fingerprint density at radius 3 is 2.38 bits per heavy atom. The van der Waals surface area contributed by atoms with E-state index in [4.69, 9.17) is 10.5 Å². The predicted octanol–water partition coefficient (Wildman–Crippen LogP) is 4.52. The molecule has 2 nitrogen and oxygen atoms in total. The standard InChI is InChI=1S/C15H13BrF3NO/c1-21-11-4-2-3-9(7-11)14(20)10-5-6-13(16)12(8-10)15(17,18)19/h2-8,14H,20H2,1H3. The highest BCUT2D eigenvalue weighted by atomic mass is 79.9. The maximum absolute atomic E-state index is 12.9. The van der Waals surface area contributed by atoms with Gasteiger partial charge in [-0.1, -0.05) is 34.1 Å². The van der Waals surface area contributed by atoms with Crippen LogP contribution in [-0.2, 0) is 6.18 Å². The predicted molar refractivity (Wildman–Crippen MR) is 78.2 cm³/mol. The lowest BCUT2D eigenvalue weighted by Gasteiger charge is -2.16. The number of ether oxygens (including phenoxy) is 1. The Morgan fingerprint density at radius 2 is 1.76 bits per heavy atom. The SMILES string of the molecule is COc1cccc(C(N)c2ccc(Br)c(C(F)(F)F)c2)c1. The van der Waals surface area contributed by atoms with Crippen LogP contribution in [0.2, 0.25) is 0 Å². The highest BCUT2D eigenvalue weighted by Gasteiger charge is 2.33. The molecule has 0 fully saturated rings. The van der Waals surface area contributed by atoms with Gasteiger partial charge < -0.3 is 10.5 Å². The number of methoxy groups -OCH3 is 1. The van der Waals surface area contributed by atoms with Crippen LogP contribution in [0.4, 0.5) is 13.2 Å². The molecule has 0 amide bonds. The normalized spacial score (nSPS) is 13.0. The van der Waals surface area contributed by atoms with E-state index in [1.54, 1.807) is 30.3 Å². The zero-order valence-electron chi connectivity index (χ0n) is 11.1. The second-order valence-corrected chi connectivity index (χ2v) is 5.35. The maximum Gasteiger partial charge on any atom is 0.417 e. The topological polar surface area (TPSA) is 35.2 Å². The number of nitrogens with two attached hydrogens (primary N) is 1. The minimum Gasteiger partial charge on any atom is -0.497 e. The third-order valence-corrected chi connectivity index (χ3v) is 3.80. The van der Waals surface area contributed by atoms with Crippen LogP contribution in [0, 0.1) is 0 Å². The van der Waals surface area contributed by atoms with Gasteiger partial charge in [0, 0.05) is 4.47 Å². The first-order valence-corrected chi connectivity index (χ1v) is 6.88. The molecule has 2 N–H and O–H groups in total. The number of hydrogen-bond acceptors (Lipinski definition) is 2. The van der Waals surface area contributed by atoms with Crippen molar-refractivity contribution in [2.45, 2.75) is 12.2 Å². The summed E-state index contributed by atoms with van der Waals surface area (Å²) in [4.78, 5) is 0. The minimum absolute atomic E-state index is 0.00316. The van der Waals surface area contributed by atoms with E-state index in [2.05, 4.69) is 15.9 Å². The first-order valence-electron chi connectivity index (χ1n) is 6.09. The summed E-state index contributed by atoms with van der Waals surface area (Å²) in [6, 6.07) is 10.3. The lowest BCUT2D eigenvalue weighted by Crippen LogP contribution is -2.14. The van der Waals surface area contributed by atoms with E-state index in [9.17, 15) is 13.2 Å². The summed E-state index contributed by atoms with van der Waals surface area (Å²) in [5.41, 5.74) is 6.40. The van der Waals surface area contributed by atoms with Crippen LogP contribution in [0.25, 0.3) is 0 Å². The molecule has 2 aromatic carbocycles. The zero-order chi connectivity index (χ0) is 15.6. The van der Waals surface area contributed by atoms with Crippen LogP contribution in [-0.4, -0.2) is 7.11 Å². The van der Waals surface area contributed by atoms with Crippen molar-refractivity contribution >= 4 is 15.9 Å². The number of hydrogen-bond donors (Lipinski definition) is 1. The molecule has 1 unspecified atom stereocenters. The van der Waals surface area contributed by atoms with Crippen LogP contribution in [0.5, 0.6) is 5.75 Å². The summed E-state index contributed by atoms with van der Waals surface area (Å²) in [5.74, 6) is 0.608.